The summed E-state index contributed by atoms with van der Waals surface area (Å²) < 4.78 is 22.6. The van der Waals surface area contributed by atoms with Crippen molar-refractivity contribution in [3.8, 4) is 5.75 Å². The number of carbonyl (C=O) groups is 1. The molecule has 2 rings (SSSR count). The lowest BCUT2D eigenvalue weighted by atomic mass is 10.0. The van der Waals surface area contributed by atoms with Crippen LogP contribution < -0.4 is 5.32 Å². The molecular formula is C13H17NO4S. The fourth-order valence-corrected chi connectivity index (χ4v) is 4.11. The summed E-state index contributed by atoms with van der Waals surface area (Å²) in [5, 5.41) is 12.3. The molecule has 104 valence electrons. The quantitative estimate of drug-likeness (QED) is 0.823. The van der Waals surface area contributed by atoms with Gasteiger partial charge in [0, 0.05) is 6.42 Å². The number of aromatic hydroxyl groups is 1. The van der Waals surface area contributed by atoms with Crippen LogP contribution in [0, 0.1) is 12.8 Å². The van der Waals surface area contributed by atoms with Gasteiger partial charge in [0.25, 0.3) is 0 Å². The molecule has 19 heavy (non-hydrogen) atoms. The number of benzene rings is 1. The van der Waals surface area contributed by atoms with Crippen LogP contribution in [0.25, 0.3) is 0 Å². The summed E-state index contributed by atoms with van der Waals surface area (Å²) in [5.74, 6) is -0.104. The van der Waals surface area contributed by atoms with E-state index in [-0.39, 0.29) is 35.5 Å². The normalized spacial score (nSPS) is 21.2. The number of phenols is 1. The fourth-order valence-electron chi connectivity index (χ4n) is 2.24. The molecule has 1 aliphatic heterocycles. The van der Waals surface area contributed by atoms with E-state index in [0.717, 1.165) is 5.56 Å². The standard InChI is InChI=1S/C13H17NO4S/c1-9-2-3-11(12(15)6-9)14-13(16)7-10-4-5-19(17,18)8-10/h2-3,6,10,15H,4-5,7-8H2,1H3,(H,14,16). The van der Waals surface area contributed by atoms with Crippen LogP contribution in [0.2, 0.25) is 0 Å². The molecular weight excluding hydrogens is 266 g/mol. The monoisotopic (exact) mass is 283 g/mol. The van der Waals surface area contributed by atoms with Crippen molar-refractivity contribution >= 4 is 21.4 Å². The summed E-state index contributed by atoms with van der Waals surface area (Å²) in [6.45, 7) is 1.84. The van der Waals surface area contributed by atoms with E-state index in [9.17, 15) is 18.3 Å². The molecule has 0 spiro atoms. The van der Waals surface area contributed by atoms with Crippen LogP contribution in [0.3, 0.4) is 0 Å². The van der Waals surface area contributed by atoms with Gasteiger partial charge >= 0.3 is 0 Å². The Morgan fingerprint density at radius 2 is 2.21 bits per heavy atom. The molecule has 1 aliphatic rings. The number of carbonyl (C=O) groups excluding carboxylic acids is 1. The molecule has 0 bridgehead atoms. The number of rotatable bonds is 3. The molecule has 5 nitrogen and oxygen atoms in total. The van der Waals surface area contributed by atoms with Crippen LogP contribution in [-0.2, 0) is 14.6 Å². The lowest BCUT2D eigenvalue weighted by Gasteiger charge is -2.10. The highest BCUT2D eigenvalue weighted by Crippen LogP contribution is 2.26. The Morgan fingerprint density at radius 3 is 2.79 bits per heavy atom. The summed E-state index contributed by atoms with van der Waals surface area (Å²) in [5.41, 5.74) is 1.26. The molecule has 2 N–H and O–H groups in total. The molecule has 1 aromatic rings. The number of phenolic OH excluding ortho intramolecular Hbond substituents is 1. The maximum atomic E-state index is 11.8. The maximum absolute atomic E-state index is 11.8. The second-order valence-electron chi connectivity index (χ2n) is 5.04. The third-order valence-electron chi connectivity index (χ3n) is 3.23. The first-order valence-electron chi connectivity index (χ1n) is 6.15. The Balaban J connectivity index is 1.95. The topological polar surface area (TPSA) is 83.5 Å². The predicted octanol–water partition coefficient (Wildman–Crippen LogP) is 1.46. The number of aryl methyl sites for hydroxylation is 1. The predicted molar refractivity (Wildman–Crippen MR) is 72.9 cm³/mol. The van der Waals surface area contributed by atoms with Crippen molar-refractivity contribution < 1.29 is 18.3 Å². The Morgan fingerprint density at radius 1 is 1.47 bits per heavy atom. The average molecular weight is 283 g/mol. The van der Waals surface area contributed by atoms with Gasteiger partial charge in [0.2, 0.25) is 5.91 Å². The van der Waals surface area contributed by atoms with Crippen molar-refractivity contribution in [2.45, 2.75) is 19.8 Å². The van der Waals surface area contributed by atoms with Gasteiger partial charge in [-0.05, 0) is 37.0 Å². The second-order valence-corrected chi connectivity index (χ2v) is 7.27. The number of anilines is 1. The zero-order chi connectivity index (χ0) is 14.0. The maximum Gasteiger partial charge on any atom is 0.224 e. The smallest absolute Gasteiger partial charge is 0.224 e. The van der Waals surface area contributed by atoms with Crippen LogP contribution in [0.15, 0.2) is 18.2 Å². The Kier molecular flexibility index (Phi) is 3.80. The summed E-state index contributed by atoms with van der Waals surface area (Å²) in [6.07, 6.45) is 0.710. The Labute approximate surface area is 112 Å². The first kappa shape index (κ1) is 13.9. The molecule has 1 heterocycles. The van der Waals surface area contributed by atoms with Crippen molar-refractivity contribution in [2.75, 3.05) is 16.8 Å². The number of hydrogen-bond donors (Lipinski definition) is 2. The minimum absolute atomic E-state index is 0.0207. The summed E-state index contributed by atoms with van der Waals surface area (Å²) in [6, 6.07) is 4.99. The molecule has 6 heteroatoms. The molecule has 1 aromatic carbocycles. The third-order valence-corrected chi connectivity index (χ3v) is 5.07. The van der Waals surface area contributed by atoms with Crippen molar-refractivity contribution in [3.05, 3.63) is 23.8 Å². The van der Waals surface area contributed by atoms with Gasteiger partial charge in [-0.15, -0.1) is 0 Å². The molecule has 0 aromatic heterocycles. The van der Waals surface area contributed by atoms with E-state index in [2.05, 4.69) is 5.32 Å². The van der Waals surface area contributed by atoms with E-state index in [1.54, 1.807) is 18.2 Å². The van der Waals surface area contributed by atoms with Crippen molar-refractivity contribution in [3.63, 3.8) is 0 Å². The third kappa shape index (κ3) is 3.70. The highest BCUT2D eigenvalue weighted by atomic mass is 32.2. The molecule has 1 saturated heterocycles. The van der Waals surface area contributed by atoms with Crippen LogP contribution >= 0.6 is 0 Å². The lowest BCUT2D eigenvalue weighted by Crippen LogP contribution is -2.17. The highest BCUT2D eigenvalue weighted by Gasteiger charge is 2.29. The number of amides is 1. The van der Waals surface area contributed by atoms with Gasteiger partial charge in [-0.25, -0.2) is 8.42 Å². The fraction of sp³-hybridized carbons (Fsp3) is 0.462. The average Bonchev–Trinajstić information content (AvgIpc) is 2.62. The van der Waals surface area contributed by atoms with E-state index in [1.165, 1.54) is 0 Å². The van der Waals surface area contributed by atoms with Crippen LogP contribution in [0.4, 0.5) is 5.69 Å². The zero-order valence-corrected chi connectivity index (χ0v) is 11.5. The molecule has 1 atom stereocenters. The Bertz CT molecular complexity index is 595. The number of nitrogens with one attached hydrogen (secondary N) is 1. The molecule has 0 aliphatic carbocycles. The summed E-state index contributed by atoms with van der Waals surface area (Å²) in [7, 11) is -2.96. The van der Waals surface area contributed by atoms with Crippen LogP contribution in [0.5, 0.6) is 5.75 Å². The van der Waals surface area contributed by atoms with E-state index >= 15 is 0 Å². The minimum atomic E-state index is -2.96. The van der Waals surface area contributed by atoms with Gasteiger partial charge < -0.3 is 10.4 Å². The van der Waals surface area contributed by atoms with Crippen LogP contribution in [-0.4, -0.2) is 30.9 Å². The van der Waals surface area contributed by atoms with Gasteiger partial charge in [0.15, 0.2) is 9.84 Å². The second kappa shape index (κ2) is 5.21. The van der Waals surface area contributed by atoms with E-state index < -0.39 is 9.84 Å². The largest absolute Gasteiger partial charge is 0.506 e. The summed E-state index contributed by atoms with van der Waals surface area (Å²) >= 11 is 0. The van der Waals surface area contributed by atoms with E-state index in [1.807, 2.05) is 6.92 Å². The van der Waals surface area contributed by atoms with Gasteiger partial charge in [-0.1, -0.05) is 6.07 Å². The van der Waals surface area contributed by atoms with Crippen molar-refractivity contribution in [2.24, 2.45) is 5.92 Å². The van der Waals surface area contributed by atoms with E-state index in [0.29, 0.717) is 12.1 Å². The van der Waals surface area contributed by atoms with Crippen molar-refractivity contribution in [1.82, 2.24) is 0 Å². The first-order valence-corrected chi connectivity index (χ1v) is 7.98. The molecule has 1 unspecified atom stereocenters. The zero-order valence-electron chi connectivity index (χ0n) is 10.7. The molecule has 0 radical (unpaired) electrons. The van der Waals surface area contributed by atoms with Crippen LogP contribution in [0.1, 0.15) is 18.4 Å². The number of hydrogen-bond acceptors (Lipinski definition) is 4. The van der Waals surface area contributed by atoms with Gasteiger partial charge in [-0.3, -0.25) is 4.79 Å². The minimum Gasteiger partial charge on any atom is -0.506 e. The lowest BCUT2D eigenvalue weighted by molar-refractivity contribution is -0.116. The van der Waals surface area contributed by atoms with Gasteiger partial charge in [-0.2, -0.15) is 0 Å². The van der Waals surface area contributed by atoms with Crippen molar-refractivity contribution in [1.29, 1.82) is 0 Å². The molecule has 1 amide bonds. The van der Waals surface area contributed by atoms with Gasteiger partial charge in [0.05, 0.1) is 17.2 Å². The number of sulfone groups is 1. The van der Waals surface area contributed by atoms with E-state index in [4.69, 9.17) is 0 Å². The molecule has 1 fully saturated rings. The SMILES string of the molecule is Cc1ccc(NC(=O)CC2CCS(=O)(=O)C2)c(O)c1. The Hall–Kier alpha value is -1.56. The first-order chi connectivity index (χ1) is 8.85. The van der Waals surface area contributed by atoms with Gasteiger partial charge in [0.1, 0.15) is 5.75 Å². The highest BCUT2D eigenvalue weighted by molar-refractivity contribution is 7.91. The summed E-state index contributed by atoms with van der Waals surface area (Å²) in [4.78, 5) is 11.8. The molecule has 0 saturated carbocycles.